The summed E-state index contributed by atoms with van der Waals surface area (Å²) in [5, 5.41) is 18.7. The summed E-state index contributed by atoms with van der Waals surface area (Å²) in [6, 6.07) is 3.68. The third kappa shape index (κ3) is 3.79. The third-order valence-electron chi connectivity index (χ3n) is 1.91. The molecule has 1 heterocycles. The van der Waals surface area contributed by atoms with E-state index in [-0.39, 0.29) is 12.6 Å². The van der Waals surface area contributed by atoms with Crippen LogP contribution >= 0.6 is 11.8 Å². The second kappa shape index (κ2) is 6.07. The standard InChI is InChI=1S/C10H16N2O2S/c1-7(11)9-3-2-4-12-10(9)15-6-8(14)5-13/h2-4,7-8,13-14H,5-6,11H2,1H3. The number of pyridine rings is 1. The highest BCUT2D eigenvalue weighted by molar-refractivity contribution is 7.99. The lowest BCUT2D eigenvalue weighted by atomic mass is 10.2. The third-order valence-corrected chi connectivity index (χ3v) is 3.08. The van der Waals surface area contributed by atoms with Crippen LogP contribution in [0.25, 0.3) is 0 Å². The lowest BCUT2D eigenvalue weighted by Crippen LogP contribution is -2.15. The highest BCUT2D eigenvalue weighted by atomic mass is 32.2. The van der Waals surface area contributed by atoms with E-state index in [1.807, 2.05) is 19.1 Å². The molecule has 5 heteroatoms. The summed E-state index contributed by atoms with van der Waals surface area (Å²) in [6.07, 6.45) is 0.984. The van der Waals surface area contributed by atoms with Crippen LogP contribution in [0.15, 0.2) is 23.4 Å². The maximum absolute atomic E-state index is 9.22. The van der Waals surface area contributed by atoms with Gasteiger partial charge in [0.2, 0.25) is 0 Å². The summed E-state index contributed by atoms with van der Waals surface area (Å²) in [4.78, 5) is 4.20. The minimum atomic E-state index is -0.710. The Morgan fingerprint density at radius 2 is 2.33 bits per heavy atom. The molecule has 4 N–H and O–H groups in total. The van der Waals surface area contributed by atoms with Gasteiger partial charge in [-0.25, -0.2) is 4.98 Å². The first-order valence-electron chi connectivity index (χ1n) is 4.77. The monoisotopic (exact) mass is 228 g/mol. The fourth-order valence-electron chi connectivity index (χ4n) is 1.10. The van der Waals surface area contributed by atoms with E-state index in [9.17, 15) is 5.11 Å². The maximum Gasteiger partial charge on any atom is 0.101 e. The van der Waals surface area contributed by atoms with Crippen molar-refractivity contribution in [2.45, 2.75) is 24.1 Å². The molecule has 84 valence electrons. The molecule has 0 radical (unpaired) electrons. The van der Waals surface area contributed by atoms with Gasteiger partial charge in [0.15, 0.2) is 0 Å². The summed E-state index contributed by atoms with van der Waals surface area (Å²) in [7, 11) is 0. The van der Waals surface area contributed by atoms with Crippen molar-refractivity contribution in [3.8, 4) is 0 Å². The zero-order valence-corrected chi connectivity index (χ0v) is 9.44. The molecule has 0 amide bonds. The molecule has 0 aliphatic carbocycles. The highest BCUT2D eigenvalue weighted by Crippen LogP contribution is 2.24. The largest absolute Gasteiger partial charge is 0.394 e. The number of nitrogens with zero attached hydrogens (tertiary/aromatic N) is 1. The molecule has 0 spiro atoms. The van der Waals surface area contributed by atoms with Gasteiger partial charge in [-0.15, -0.1) is 11.8 Å². The zero-order chi connectivity index (χ0) is 11.3. The molecule has 0 saturated carbocycles. The Morgan fingerprint density at radius 3 is 2.93 bits per heavy atom. The second-order valence-corrected chi connectivity index (χ2v) is 4.34. The number of aliphatic hydroxyl groups is 2. The van der Waals surface area contributed by atoms with Crippen molar-refractivity contribution in [1.82, 2.24) is 4.98 Å². The fourth-order valence-corrected chi connectivity index (χ4v) is 2.11. The molecule has 0 fully saturated rings. The number of hydrogen-bond donors (Lipinski definition) is 3. The van der Waals surface area contributed by atoms with Crippen molar-refractivity contribution in [3.05, 3.63) is 23.9 Å². The second-order valence-electron chi connectivity index (χ2n) is 3.33. The summed E-state index contributed by atoms with van der Waals surface area (Å²) < 4.78 is 0. The van der Waals surface area contributed by atoms with E-state index < -0.39 is 6.10 Å². The first-order valence-corrected chi connectivity index (χ1v) is 5.76. The van der Waals surface area contributed by atoms with E-state index in [1.165, 1.54) is 11.8 Å². The molecule has 1 aromatic rings. The van der Waals surface area contributed by atoms with Gasteiger partial charge in [0.1, 0.15) is 5.03 Å². The molecule has 2 unspecified atom stereocenters. The van der Waals surface area contributed by atoms with Crippen LogP contribution in [-0.2, 0) is 0 Å². The number of nitrogens with two attached hydrogens (primary N) is 1. The first kappa shape index (κ1) is 12.4. The van der Waals surface area contributed by atoms with Crippen molar-refractivity contribution < 1.29 is 10.2 Å². The van der Waals surface area contributed by atoms with Gasteiger partial charge in [-0.1, -0.05) is 6.07 Å². The van der Waals surface area contributed by atoms with Gasteiger partial charge >= 0.3 is 0 Å². The zero-order valence-electron chi connectivity index (χ0n) is 8.63. The average molecular weight is 228 g/mol. The molecule has 1 rings (SSSR count). The SMILES string of the molecule is CC(N)c1cccnc1SCC(O)CO. The van der Waals surface area contributed by atoms with Crippen LogP contribution in [0.4, 0.5) is 0 Å². The van der Waals surface area contributed by atoms with Gasteiger partial charge in [-0.3, -0.25) is 0 Å². The van der Waals surface area contributed by atoms with E-state index in [0.29, 0.717) is 5.75 Å². The van der Waals surface area contributed by atoms with Crippen LogP contribution in [0.2, 0.25) is 0 Å². The normalized spacial score (nSPS) is 14.9. The van der Waals surface area contributed by atoms with Crippen molar-refractivity contribution in [2.75, 3.05) is 12.4 Å². The minimum Gasteiger partial charge on any atom is -0.394 e. The lowest BCUT2D eigenvalue weighted by Gasteiger charge is -2.12. The first-order chi connectivity index (χ1) is 7.15. The highest BCUT2D eigenvalue weighted by Gasteiger charge is 2.10. The molecular formula is C10H16N2O2S. The predicted molar refractivity (Wildman–Crippen MR) is 60.7 cm³/mol. The van der Waals surface area contributed by atoms with Gasteiger partial charge in [0.05, 0.1) is 12.7 Å². The van der Waals surface area contributed by atoms with Crippen LogP contribution in [-0.4, -0.2) is 33.7 Å². The molecule has 0 bridgehead atoms. The number of rotatable bonds is 5. The quantitative estimate of drug-likeness (QED) is 0.641. The summed E-state index contributed by atoms with van der Waals surface area (Å²) in [5.74, 6) is 0.424. The Bertz CT molecular complexity index is 307. The van der Waals surface area contributed by atoms with Crippen molar-refractivity contribution in [2.24, 2.45) is 5.73 Å². The van der Waals surface area contributed by atoms with Crippen LogP contribution in [0.1, 0.15) is 18.5 Å². The molecule has 0 saturated heterocycles. The molecule has 15 heavy (non-hydrogen) atoms. The van der Waals surface area contributed by atoms with Crippen LogP contribution in [0.3, 0.4) is 0 Å². The molecule has 4 nitrogen and oxygen atoms in total. The van der Waals surface area contributed by atoms with Gasteiger partial charge < -0.3 is 15.9 Å². The number of aliphatic hydroxyl groups excluding tert-OH is 2. The Kier molecular flexibility index (Phi) is 5.04. The minimum absolute atomic E-state index is 0.0764. The van der Waals surface area contributed by atoms with Crippen LogP contribution < -0.4 is 5.73 Å². The number of thioether (sulfide) groups is 1. The van der Waals surface area contributed by atoms with Gasteiger partial charge in [-0.05, 0) is 13.0 Å². The molecule has 0 aliphatic rings. The average Bonchev–Trinajstić information content (AvgIpc) is 2.26. The Morgan fingerprint density at radius 1 is 1.60 bits per heavy atom. The van der Waals surface area contributed by atoms with E-state index in [2.05, 4.69) is 4.98 Å². The Balaban J connectivity index is 2.67. The van der Waals surface area contributed by atoms with Gasteiger partial charge in [0, 0.05) is 23.6 Å². The number of aromatic nitrogens is 1. The Labute approximate surface area is 93.5 Å². The molecule has 2 atom stereocenters. The van der Waals surface area contributed by atoms with E-state index >= 15 is 0 Å². The topological polar surface area (TPSA) is 79.4 Å². The predicted octanol–water partition coefficient (Wildman–Crippen LogP) is 0.547. The molecule has 0 aromatic carbocycles. The molecule has 1 aromatic heterocycles. The molecular weight excluding hydrogens is 212 g/mol. The maximum atomic E-state index is 9.22. The summed E-state index contributed by atoms with van der Waals surface area (Å²) >= 11 is 1.41. The van der Waals surface area contributed by atoms with Crippen molar-refractivity contribution >= 4 is 11.8 Å². The van der Waals surface area contributed by atoms with Gasteiger partial charge in [-0.2, -0.15) is 0 Å². The molecule has 0 aliphatic heterocycles. The van der Waals surface area contributed by atoms with Crippen molar-refractivity contribution in [3.63, 3.8) is 0 Å². The lowest BCUT2D eigenvalue weighted by molar-refractivity contribution is 0.113. The Hall–Kier alpha value is -0.620. The smallest absolute Gasteiger partial charge is 0.101 e. The van der Waals surface area contributed by atoms with Crippen LogP contribution in [0.5, 0.6) is 0 Å². The van der Waals surface area contributed by atoms with Gasteiger partial charge in [0.25, 0.3) is 0 Å². The fraction of sp³-hybridized carbons (Fsp3) is 0.500. The van der Waals surface area contributed by atoms with E-state index in [0.717, 1.165) is 10.6 Å². The van der Waals surface area contributed by atoms with Crippen molar-refractivity contribution in [1.29, 1.82) is 0 Å². The van der Waals surface area contributed by atoms with E-state index in [1.54, 1.807) is 6.20 Å². The number of hydrogen-bond acceptors (Lipinski definition) is 5. The summed E-state index contributed by atoms with van der Waals surface area (Å²) in [6.45, 7) is 1.66. The van der Waals surface area contributed by atoms with Crippen LogP contribution in [0, 0.1) is 0 Å². The summed E-state index contributed by atoms with van der Waals surface area (Å²) in [5.41, 5.74) is 6.75. The van der Waals surface area contributed by atoms with E-state index in [4.69, 9.17) is 10.8 Å².